The molecule has 86 valence electrons. The van der Waals surface area contributed by atoms with Crippen LogP contribution >= 0.6 is 0 Å². The van der Waals surface area contributed by atoms with Crippen LogP contribution in [0.3, 0.4) is 0 Å². The summed E-state index contributed by atoms with van der Waals surface area (Å²) in [6.45, 7) is 1.59. The molecule has 16 heavy (non-hydrogen) atoms. The number of nitrogens with zero attached hydrogens (tertiary/aromatic N) is 1. The summed E-state index contributed by atoms with van der Waals surface area (Å²) in [5.41, 5.74) is 1.00. The quantitative estimate of drug-likeness (QED) is 0.830. The van der Waals surface area contributed by atoms with E-state index in [1.54, 1.807) is 4.90 Å². The first-order valence-corrected chi connectivity index (χ1v) is 5.78. The van der Waals surface area contributed by atoms with Gasteiger partial charge in [0.1, 0.15) is 6.10 Å². The molecule has 1 saturated heterocycles. The minimum atomic E-state index is -0.888. The van der Waals surface area contributed by atoms with Gasteiger partial charge in [-0.15, -0.1) is 0 Å². The number of rotatable bonds is 3. The molecule has 0 saturated carbocycles. The number of aliphatic hydroxyl groups is 1. The zero-order valence-corrected chi connectivity index (χ0v) is 9.30. The smallest absolute Gasteiger partial charge is 0.251 e. The summed E-state index contributed by atoms with van der Waals surface area (Å²) in [4.78, 5) is 13.6. The maximum absolute atomic E-state index is 11.8. The second-order valence-electron chi connectivity index (χ2n) is 4.24. The van der Waals surface area contributed by atoms with Crippen LogP contribution in [0.25, 0.3) is 0 Å². The molecule has 1 amide bonds. The lowest BCUT2D eigenvalue weighted by atomic mass is 10.1. The van der Waals surface area contributed by atoms with Gasteiger partial charge in [-0.05, 0) is 18.4 Å². The van der Waals surface area contributed by atoms with Crippen molar-refractivity contribution in [2.24, 2.45) is 0 Å². The second-order valence-corrected chi connectivity index (χ2v) is 4.24. The highest BCUT2D eigenvalue weighted by molar-refractivity contribution is 5.81. The highest BCUT2D eigenvalue weighted by Crippen LogP contribution is 2.11. The number of aliphatic hydroxyl groups excluding tert-OH is 1. The van der Waals surface area contributed by atoms with Gasteiger partial charge in [-0.1, -0.05) is 30.3 Å². The fourth-order valence-electron chi connectivity index (χ4n) is 2.07. The third-order valence-electron chi connectivity index (χ3n) is 2.97. The molecule has 3 nitrogen and oxygen atoms in total. The van der Waals surface area contributed by atoms with E-state index in [0.29, 0.717) is 6.42 Å². The van der Waals surface area contributed by atoms with E-state index in [1.807, 2.05) is 30.3 Å². The van der Waals surface area contributed by atoms with Gasteiger partial charge in [0.15, 0.2) is 0 Å². The molecule has 0 bridgehead atoms. The Kier molecular flexibility index (Phi) is 3.57. The predicted molar refractivity (Wildman–Crippen MR) is 62.0 cm³/mol. The van der Waals surface area contributed by atoms with Crippen molar-refractivity contribution in [2.75, 3.05) is 13.1 Å². The van der Waals surface area contributed by atoms with E-state index in [9.17, 15) is 9.90 Å². The fraction of sp³-hybridized carbons (Fsp3) is 0.462. The number of likely N-dealkylation sites (tertiary alicyclic amines) is 1. The maximum Gasteiger partial charge on any atom is 0.251 e. The molecule has 1 aromatic carbocycles. The van der Waals surface area contributed by atoms with Crippen molar-refractivity contribution in [2.45, 2.75) is 25.4 Å². The van der Waals surface area contributed by atoms with Crippen molar-refractivity contribution in [1.29, 1.82) is 0 Å². The fourth-order valence-corrected chi connectivity index (χ4v) is 2.07. The third-order valence-corrected chi connectivity index (χ3v) is 2.97. The average molecular weight is 219 g/mol. The van der Waals surface area contributed by atoms with Gasteiger partial charge in [-0.25, -0.2) is 0 Å². The van der Waals surface area contributed by atoms with Crippen LogP contribution in [0.2, 0.25) is 0 Å². The first kappa shape index (κ1) is 11.1. The Hall–Kier alpha value is -1.35. The summed E-state index contributed by atoms with van der Waals surface area (Å²) in [7, 11) is 0. The molecular formula is C13H17NO2. The van der Waals surface area contributed by atoms with E-state index >= 15 is 0 Å². The first-order valence-electron chi connectivity index (χ1n) is 5.78. The van der Waals surface area contributed by atoms with E-state index in [2.05, 4.69) is 0 Å². The van der Waals surface area contributed by atoms with Gasteiger partial charge in [0.2, 0.25) is 0 Å². The molecule has 2 rings (SSSR count). The van der Waals surface area contributed by atoms with Crippen LogP contribution in [0.15, 0.2) is 30.3 Å². The van der Waals surface area contributed by atoms with Crippen LogP contribution in [-0.2, 0) is 11.2 Å². The second kappa shape index (κ2) is 5.12. The lowest BCUT2D eigenvalue weighted by molar-refractivity contribution is -0.138. The van der Waals surface area contributed by atoms with Gasteiger partial charge in [0, 0.05) is 19.5 Å². The van der Waals surface area contributed by atoms with Gasteiger partial charge in [-0.3, -0.25) is 4.79 Å². The Balaban J connectivity index is 1.92. The van der Waals surface area contributed by atoms with Crippen molar-refractivity contribution >= 4 is 5.91 Å². The zero-order chi connectivity index (χ0) is 11.4. The topological polar surface area (TPSA) is 40.5 Å². The molecule has 1 aromatic rings. The van der Waals surface area contributed by atoms with E-state index < -0.39 is 6.10 Å². The molecule has 0 radical (unpaired) electrons. The van der Waals surface area contributed by atoms with Crippen molar-refractivity contribution in [1.82, 2.24) is 4.90 Å². The Morgan fingerprint density at radius 2 is 1.88 bits per heavy atom. The molecule has 3 heteroatoms. The number of carbonyl (C=O) groups is 1. The molecule has 0 unspecified atom stereocenters. The molecule has 1 aliphatic rings. The normalized spacial score (nSPS) is 17.4. The standard InChI is InChI=1S/C13H17NO2/c15-12(10-11-6-2-1-3-7-11)13(16)14-8-4-5-9-14/h1-3,6-7,12,15H,4-5,8-10H2/t12-/m0/s1. The zero-order valence-electron chi connectivity index (χ0n) is 9.30. The van der Waals surface area contributed by atoms with E-state index in [4.69, 9.17) is 0 Å². The molecule has 0 spiro atoms. The summed E-state index contributed by atoms with van der Waals surface area (Å²) in [5.74, 6) is -0.124. The van der Waals surface area contributed by atoms with Crippen LogP contribution in [0.4, 0.5) is 0 Å². The van der Waals surface area contributed by atoms with E-state index in [-0.39, 0.29) is 5.91 Å². The lowest BCUT2D eigenvalue weighted by Gasteiger charge is -2.19. The number of hydrogen-bond donors (Lipinski definition) is 1. The van der Waals surface area contributed by atoms with Gasteiger partial charge in [0.05, 0.1) is 0 Å². The monoisotopic (exact) mass is 219 g/mol. The number of carbonyl (C=O) groups excluding carboxylic acids is 1. The minimum Gasteiger partial charge on any atom is -0.383 e. The SMILES string of the molecule is O=C([C@@H](O)Cc1ccccc1)N1CCCC1. The van der Waals surface area contributed by atoms with Gasteiger partial charge in [0.25, 0.3) is 5.91 Å². The summed E-state index contributed by atoms with van der Waals surface area (Å²) in [5, 5.41) is 9.84. The Bertz CT molecular complexity index is 344. The Labute approximate surface area is 95.7 Å². The molecular weight excluding hydrogens is 202 g/mol. The molecule has 1 fully saturated rings. The van der Waals surface area contributed by atoms with Crippen molar-refractivity contribution in [3.63, 3.8) is 0 Å². The van der Waals surface area contributed by atoms with Crippen molar-refractivity contribution in [3.8, 4) is 0 Å². The van der Waals surface area contributed by atoms with Gasteiger partial charge < -0.3 is 10.0 Å². The van der Waals surface area contributed by atoms with Crippen LogP contribution in [0.5, 0.6) is 0 Å². The number of amides is 1. The highest BCUT2D eigenvalue weighted by Gasteiger charge is 2.24. The minimum absolute atomic E-state index is 0.124. The maximum atomic E-state index is 11.8. The summed E-state index contributed by atoms with van der Waals surface area (Å²) < 4.78 is 0. The van der Waals surface area contributed by atoms with Crippen molar-refractivity contribution in [3.05, 3.63) is 35.9 Å². The molecule has 0 aliphatic carbocycles. The molecule has 1 aliphatic heterocycles. The largest absolute Gasteiger partial charge is 0.383 e. The van der Waals surface area contributed by atoms with Crippen LogP contribution in [-0.4, -0.2) is 35.1 Å². The number of benzene rings is 1. The lowest BCUT2D eigenvalue weighted by Crippen LogP contribution is -2.38. The summed E-state index contributed by atoms with van der Waals surface area (Å²) >= 11 is 0. The Morgan fingerprint density at radius 1 is 1.25 bits per heavy atom. The van der Waals surface area contributed by atoms with Gasteiger partial charge >= 0.3 is 0 Å². The molecule has 1 N–H and O–H groups in total. The van der Waals surface area contributed by atoms with Crippen LogP contribution in [0, 0.1) is 0 Å². The average Bonchev–Trinajstić information content (AvgIpc) is 2.83. The summed E-state index contributed by atoms with van der Waals surface area (Å²) in [6, 6.07) is 9.63. The molecule has 0 aromatic heterocycles. The van der Waals surface area contributed by atoms with E-state index in [0.717, 1.165) is 31.5 Å². The van der Waals surface area contributed by atoms with Crippen molar-refractivity contribution < 1.29 is 9.90 Å². The molecule has 1 heterocycles. The number of hydrogen-bond acceptors (Lipinski definition) is 2. The van der Waals surface area contributed by atoms with Crippen LogP contribution in [0.1, 0.15) is 18.4 Å². The highest BCUT2D eigenvalue weighted by atomic mass is 16.3. The van der Waals surface area contributed by atoms with Gasteiger partial charge in [-0.2, -0.15) is 0 Å². The molecule has 1 atom stereocenters. The Morgan fingerprint density at radius 3 is 2.50 bits per heavy atom. The first-order chi connectivity index (χ1) is 7.77. The predicted octanol–water partition coefficient (Wildman–Crippen LogP) is 1.21. The third kappa shape index (κ3) is 2.61. The van der Waals surface area contributed by atoms with Crippen LogP contribution < -0.4 is 0 Å². The summed E-state index contributed by atoms with van der Waals surface area (Å²) in [6.07, 6.45) is 1.64. The van der Waals surface area contributed by atoms with E-state index in [1.165, 1.54) is 0 Å².